The molecule has 0 aliphatic rings. The molecule has 0 aromatic heterocycles. The van der Waals surface area contributed by atoms with Crippen LogP contribution in [0.5, 0.6) is 5.75 Å². The minimum atomic E-state index is -0.317. The number of hydrogen-bond acceptors (Lipinski definition) is 3. The molecule has 0 bridgehead atoms. The maximum atomic E-state index is 13.3. The average molecular weight is 185 g/mol. The van der Waals surface area contributed by atoms with Gasteiger partial charge in [0, 0.05) is 12.1 Å². The van der Waals surface area contributed by atoms with Crippen LogP contribution in [0.25, 0.3) is 0 Å². The number of methoxy groups -OCH3 is 1. The predicted molar refractivity (Wildman–Crippen MR) is 46.3 cm³/mol. The van der Waals surface area contributed by atoms with Crippen molar-refractivity contribution in [2.45, 2.75) is 13.5 Å². The Kier molecular flexibility index (Phi) is 3.22. The molecular weight excluding hydrogens is 173 g/mol. The molecule has 0 fully saturated rings. The number of hydrogen-bond donors (Lipinski definition) is 2. The van der Waals surface area contributed by atoms with Gasteiger partial charge in [-0.05, 0) is 24.6 Å². The fourth-order valence-corrected chi connectivity index (χ4v) is 1.14. The van der Waals surface area contributed by atoms with Crippen molar-refractivity contribution >= 4 is 0 Å². The van der Waals surface area contributed by atoms with Crippen molar-refractivity contribution in [3.63, 3.8) is 0 Å². The van der Waals surface area contributed by atoms with Crippen LogP contribution in [0.4, 0.5) is 4.39 Å². The van der Waals surface area contributed by atoms with Crippen LogP contribution in [0.1, 0.15) is 11.1 Å². The Morgan fingerprint density at radius 3 is 2.77 bits per heavy atom. The summed E-state index contributed by atoms with van der Waals surface area (Å²) in [7, 11) is 1.52. The molecule has 0 aliphatic carbocycles. The molecule has 0 unspecified atom stereocenters. The number of nitrogens with one attached hydrogen (secondary N) is 1. The number of benzene rings is 1. The van der Waals surface area contributed by atoms with Gasteiger partial charge in [-0.3, -0.25) is 0 Å². The number of halogens is 1. The summed E-state index contributed by atoms with van der Waals surface area (Å²) in [5, 5.41) is 8.44. The molecule has 0 aliphatic heterocycles. The molecule has 0 saturated carbocycles. The second-order valence-electron chi connectivity index (χ2n) is 2.75. The minimum absolute atomic E-state index is 0.0733. The molecule has 0 spiro atoms. The second kappa shape index (κ2) is 4.20. The second-order valence-corrected chi connectivity index (χ2v) is 2.75. The molecule has 13 heavy (non-hydrogen) atoms. The highest BCUT2D eigenvalue weighted by Gasteiger charge is 2.07. The lowest BCUT2D eigenvalue weighted by molar-refractivity contribution is 0.160. The highest BCUT2D eigenvalue weighted by atomic mass is 19.1. The Morgan fingerprint density at radius 2 is 2.23 bits per heavy atom. The lowest BCUT2D eigenvalue weighted by Crippen LogP contribution is -2.08. The molecular formula is C9H12FNO2. The van der Waals surface area contributed by atoms with E-state index in [-0.39, 0.29) is 12.4 Å². The first-order chi connectivity index (χ1) is 6.19. The molecule has 0 radical (unpaired) electrons. The molecule has 4 heteroatoms. The van der Waals surface area contributed by atoms with E-state index in [2.05, 4.69) is 0 Å². The standard InChI is InChI=1S/C9H12FNO2/c1-6-3-8(13-2)4-7(5-11-12)9(6)10/h3-4,11-12H,5H2,1-2H3. The Hall–Kier alpha value is -1.13. The first-order valence-electron chi connectivity index (χ1n) is 3.89. The van der Waals surface area contributed by atoms with Crippen molar-refractivity contribution in [1.82, 2.24) is 5.48 Å². The van der Waals surface area contributed by atoms with Crippen molar-refractivity contribution in [2.24, 2.45) is 0 Å². The van der Waals surface area contributed by atoms with Crippen LogP contribution in [0.3, 0.4) is 0 Å². The summed E-state index contributed by atoms with van der Waals surface area (Å²) in [6, 6.07) is 3.15. The van der Waals surface area contributed by atoms with Gasteiger partial charge in [-0.1, -0.05) is 0 Å². The molecule has 1 aromatic rings. The molecule has 3 nitrogen and oxygen atoms in total. The number of ether oxygens (including phenoxy) is 1. The van der Waals surface area contributed by atoms with Crippen molar-refractivity contribution in [3.05, 3.63) is 29.1 Å². The monoisotopic (exact) mass is 185 g/mol. The molecule has 1 aromatic carbocycles. The Labute approximate surface area is 76.1 Å². The van der Waals surface area contributed by atoms with E-state index in [9.17, 15) is 4.39 Å². The summed E-state index contributed by atoms with van der Waals surface area (Å²) < 4.78 is 18.3. The third kappa shape index (κ3) is 2.17. The summed E-state index contributed by atoms with van der Waals surface area (Å²) in [6.45, 7) is 1.72. The average Bonchev–Trinajstić information content (AvgIpc) is 2.13. The Morgan fingerprint density at radius 1 is 1.54 bits per heavy atom. The zero-order chi connectivity index (χ0) is 9.84. The van der Waals surface area contributed by atoms with E-state index < -0.39 is 0 Å². The maximum Gasteiger partial charge on any atom is 0.130 e. The van der Waals surface area contributed by atoms with Crippen molar-refractivity contribution in [3.8, 4) is 5.75 Å². The van der Waals surface area contributed by atoms with Crippen LogP contribution < -0.4 is 10.2 Å². The summed E-state index contributed by atoms with van der Waals surface area (Å²) in [6.07, 6.45) is 0. The highest BCUT2D eigenvalue weighted by Crippen LogP contribution is 2.20. The van der Waals surface area contributed by atoms with Gasteiger partial charge in [-0.15, -0.1) is 0 Å². The first kappa shape index (κ1) is 9.95. The topological polar surface area (TPSA) is 41.5 Å². The van der Waals surface area contributed by atoms with E-state index in [4.69, 9.17) is 9.94 Å². The summed E-state index contributed by atoms with van der Waals surface area (Å²) in [5.74, 6) is 0.270. The van der Waals surface area contributed by atoms with E-state index >= 15 is 0 Å². The van der Waals surface area contributed by atoms with Crippen LogP contribution >= 0.6 is 0 Å². The van der Waals surface area contributed by atoms with Crippen LogP contribution in [0.2, 0.25) is 0 Å². The number of rotatable bonds is 3. The molecule has 1 rings (SSSR count). The van der Waals surface area contributed by atoms with Gasteiger partial charge in [0.05, 0.1) is 7.11 Å². The van der Waals surface area contributed by atoms with Gasteiger partial charge in [0.2, 0.25) is 0 Å². The Balaban J connectivity index is 3.09. The molecule has 0 heterocycles. The first-order valence-corrected chi connectivity index (χ1v) is 3.89. The zero-order valence-electron chi connectivity index (χ0n) is 7.60. The third-order valence-corrected chi connectivity index (χ3v) is 1.81. The van der Waals surface area contributed by atoms with Crippen molar-refractivity contribution < 1.29 is 14.3 Å². The fourth-order valence-electron chi connectivity index (χ4n) is 1.14. The van der Waals surface area contributed by atoms with Gasteiger partial charge in [-0.2, -0.15) is 0 Å². The molecule has 2 N–H and O–H groups in total. The van der Waals surface area contributed by atoms with Crippen LogP contribution in [0.15, 0.2) is 12.1 Å². The minimum Gasteiger partial charge on any atom is -0.497 e. The van der Waals surface area contributed by atoms with E-state index in [1.165, 1.54) is 7.11 Å². The van der Waals surface area contributed by atoms with Crippen LogP contribution in [-0.4, -0.2) is 12.3 Å². The normalized spacial score (nSPS) is 10.2. The van der Waals surface area contributed by atoms with E-state index in [1.54, 1.807) is 19.1 Å². The molecule has 0 amide bonds. The van der Waals surface area contributed by atoms with Gasteiger partial charge in [0.15, 0.2) is 0 Å². The maximum absolute atomic E-state index is 13.3. The highest BCUT2D eigenvalue weighted by molar-refractivity contribution is 5.35. The summed E-state index contributed by atoms with van der Waals surface area (Å²) in [4.78, 5) is 0. The number of aryl methyl sites for hydroxylation is 1. The van der Waals surface area contributed by atoms with Gasteiger partial charge in [-0.25, -0.2) is 9.87 Å². The zero-order valence-corrected chi connectivity index (χ0v) is 7.60. The van der Waals surface area contributed by atoms with E-state index in [0.29, 0.717) is 16.9 Å². The SMILES string of the molecule is COc1cc(C)c(F)c(CNO)c1. The lowest BCUT2D eigenvalue weighted by atomic mass is 10.1. The largest absolute Gasteiger partial charge is 0.497 e. The van der Waals surface area contributed by atoms with Crippen LogP contribution in [0, 0.1) is 12.7 Å². The summed E-state index contributed by atoms with van der Waals surface area (Å²) in [5.41, 5.74) is 2.80. The smallest absolute Gasteiger partial charge is 0.130 e. The predicted octanol–water partition coefficient (Wildman–Crippen LogP) is 1.62. The van der Waals surface area contributed by atoms with E-state index in [1.807, 2.05) is 5.48 Å². The number of hydroxylamine groups is 1. The van der Waals surface area contributed by atoms with Crippen molar-refractivity contribution in [2.75, 3.05) is 7.11 Å². The van der Waals surface area contributed by atoms with Crippen LogP contribution in [-0.2, 0) is 6.54 Å². The van der Waals surface area contributed by atoms with Gasteiger partial charge in [0.1, 0.15) is 11.6 Å². The van der Waals surface area contributed by atoms with Gasteiger partial charge < -0.3 is 9.94 Å². The lowest BCUT2D eigenvalue weighted by Gasteiger charge is -2.07. The quantitative estimate of drug-likeness (QED) is 0.703. The summed E-state index contributed by atoms with van der Waals surface area (Å²) >= 11 is 0. The fraction of sp³-hybridized carbons (Fsp3) is 0.333. The Bertz CT molecular complexity index is 302. The molecule has 0 atom stereocenters. The van der Waals surface area contributed by atoms with E-state index in [0.717, 1.165) is 0 Å². The van der Waals surface area contributed by atoms with Gasteiger partial charge >= 0.3 is 0 Å². The van der Waals surface area contributed by atoms with Gasteiger partial charge in [0.25, 0.3) is 0 Å². The molecule has 72 valence electrons. The third-order valence-electron chi connectivity index (χ3n) is 1.81. The van der Waals surface area contributed by atoms with Crippen molar-refractivity contribution in [1.29, 1.82) is 0 Å². The molecule has 0 saturated heterocycles.